The highest BCUT2D eigenvalue weighted by Crippen LogP contribution is 2.45. The quantitative estimate of drug-likeness (QED) is 0.0222. The van der Waals surface area contributed by atoms with E-state index in [-0.39, 0.29) is 25.7 Å². The summed E-state index contributed by atoms with van der Waals surface area (Å²) in [5.74, 6) is -2.10. The molecule has 99 heavy (non-hydrogen) atoms. The highest BCUT2D eigenvalue weighted by Gasteiger charge is 2.30. The van der Waals surface area contributed by atoms with Gasteiger partial charge >= 0.3 is 39.5 Å². The number of unbranched alkanes of at least 4 members (excludes halogenated alkanes) is 55. The van der Waals surface area contributed by atoms with E-state index in [0.29, 0.717) is 25.7 Å². The third-order valence-corrected chi connectivity index (χ3v) is 20.8. The zero-order chi connectivity index (χ0) is 72.5. The topological polar surface area (TPSA) is 237 Å². The van der Waals surface area contributed by atoms with Crippen LogP contribution in [0.5, 0.6) is 0 Å². The minimum Gasteiger partial charge on any atom is -0.462 e. The van der Waals surface area contributed by atoms with E-state index < -0.39 is 97.5 Å². The smallest absolute Gasteiger partial charge is 0.462 e. The summed E-state index contributed by atoms with van der Waals surface area (Å²) in [5, 5.41) is 10.6. The van der Waals surface area contributed by atoms with Gasteiger partial charge in [0.2, 0.25) is 0 Å². The summed E-state index contributed by atoms with van der Waals surface area (Å²) in [5.41, 5.74) is 0. The summed E-state index contributed by atoms with van der Waals surface area (Å²) in [4.78, 5) is 72.9. The summed E-state index contributed by atoms with van der Waals surface area (Å²) < 4.78 is 68.7. The Labute approximate surface area is 607 Å². The molecule has 0 aromatic heterocycles. The molecule has 0 aromatic rings. The predicted octanol–water partition coefficient (Wildman–Crippen LogP) is 24.2. The molecule has 0 rings (SSSR count). The van der Waals surface area contributed by atoms with Gasteiger partial charge < -0.3 is 33.8 Å². The molecule has 19 heteroatoms. The van der Waals surface area contributed by atoms with Crippen LogP contribution in [0.1, 0.15) is 432 Å². The molecule has 0 bridgehead atoms. The Morgan fingerprint density at radius 3 is 0.596 bits per heavy atom. The molecule has 0 radical (unpaired) electrons. The Hall–Kier alpha value is -1.94. The number of phosphoric acid groups is 2. The third-order valence-electron chi connectivity index (χ3n) is 18.9. The molecule has 0 amide bonds. The minimum atomic E-state index is -4.96. The van der Waals surface area contributed by atoms with E-state index in [1.54, 1.807) is 0 Å². The molecule has 0 spiro atoms. The van der Waals surface area contributed by atoms with Gasteiger partial charge in [0.15, 0.2) is 12.2 Å². The summed E-state index contributed by atoms with van der Waals surface area (Å²) in [7, 11) is -9.91. The first-order chi connectivity index (χ1) is 48.2. The van der Waals surface area contributed by atoms with E-state index in [9.17, 15) is 43.2 Å². The molecule has 17 nitrogen and oxygen atoms in total. The molecular weight excluding hydrogens is 1290 g/mol. The molecule has 0 aliphatic heterocycles. The Morgan fingerprint density at radius 2 is 0.404 bits per heavy atom. The molecule has 0 aliphatic carbocycles. The largest absolute Gasteiger partial charge is 0.472 e. The van der Waals surface area contributed by atoms with Crippen molar-refractivity contribution in [2.45, 2.75) is 451 Å². The number of carbonyl (C=O) groups is 4. The second-order valence-electron chi connectivity index (χ2n) is 28.8. The van der Waals surface area contributed by atoms with Gasteiger partial charge in [0.1, 0.15) is 19.3 Å². The van der Waals surface area contributed by atoms with Crippen molar-refractivity contribution in [2.24, 2.45) is 0 Å². The second-order valence-corrected chi connectivity index (χ2v) is 31.7. The van der Waals surface area contributed by atoms with Crippen LogP contribution in [0.15, 0.2) is 0 Å². The van der Waals surface area contributed by atoms with E-state index in [4.69, 9.17) is 37.0 Å². The molecule has 0 heterocycles. The molecule has 0 aromatic carbocycles. The van der Waals surface area contributed by atoms with Gasteiger partial charge in [-0.05, 0) is 25.7 Å². The van der Waals surface area contributed by atoms with Crippen molar-refractivity contribution in [3.8, 4) is 0 Å². The van der Waals surface area contributed by atoms with E-state index in [2.05, 4.69) is 27.7 Å². The number of ether oxygens (including phenoxy) is 4. The van der Waals surface area contributed by atoms with E-state index in [0.717, 1.165) is 89.9 Å². The Kier molecular flexibility index (Phi) is 72.9. The predicted molar refractivity (Wildman–Crippen MR) is 405 cm³/mol. The lowest BCUT2D eigenvalue weighted by Crippen LogP contribution is -2.30. The summed E-state index contributed by atoms with van der Waals surface area (Å²) >= 11 is 0. The van der Waals surface area contributed by atoms with Crippen molar-refractivity contribution in [3.63, 3.8) is 0 Å². The fourth-order valence-electron chi connectivity index (χ4n) is 12.5. The molecular formula is C80H156O17P2. The van der Waals surface area contributed by atoms with Crippen molar-refractivity contribution in [1.29, 1.82) is 0 Å². The van der Waals surface area contributed by atoms with Gasteiger partial charge in [-0.25, -0.2) is 9.13 Å². The van der Waals surface area contributed by atoms with Crippen molar-refractivity contribution >= 4 is 39.5 Å². The zero-order valence-corrected chi connectivity index (χ0v) is 66.3. The Balaban J connectivity index is 5.21. The lowest BCUT2D eigenvalue weighted by molar-refractivity contribution is -0.161. The zero-order valence-electron chi connectivity index (χ0n) is 64.5. The average molecular weight is 1450 g/mol. The third kappa shape index (κ3) is 74.1. The number of hydrogen-bond donors (Lipinski definition) is 3. The van der Waals surface area contributed by atoms with Gasteiger partial charge in [-0.3, -0.25) is 37.3 Å². The molecule has 0 saturated carbocycles. The number of hydrogen-bond acceptors (Lipinski definition) is 15. The van der Waals surface area contributed by atoms with Gasteiger partial charge in [-0.15, -0.1) is 0 Å². The lowest BCUT2D eigenvalue weighted by Gasteiger charge is -2.21. The number of aliphatic hydroxyl groups excluding tert-OH is 1. The highest BCUT2D eigenvalue weighted by atomic mass is 31.2. The van der Waals surface area contributed by atoms with Crippen LogP contribution >= 0.6 is 15.6 Å². The number of esters is 4. The molecule has 5 atom stereocenters. The first-order valence-electron chi connectivity index (χ1n) is 41.8. The van der Waals surface area contributed by atoms with Crippen LogP contribution in [0.4, 0.5) is 0 Å². The first kappa shape index (κ1) is 97.1. The average Bonchev–Trinajstić information content (AvgIpc) is 1.08. The van der Waals surface area contributed by atoms with E-state index >= 15 is 0 Å². The fraction of sp³-hybridized carbons (Fsp3) is 0.950. The molecule has 2 unspecified atom stereocenters. The van der Waals surface area contributed by atoms with Crippen LogP contribution in [-0.4, -0.2) is 96.7 Å². The van der Waals surface area contributed by atoms with Crippen molar-refractivity contribution in [3.05, 3.63) is 0 Å². The maximum absolute atomic E-state index is 13.1. The minimum absolute atomic E-state index is 0.108. The molecule has 0 saturated heterocycles. The monoisotopic (exact) mass is 1450 g/mol. The normalized spacial score (nSPS) is 13.8. The molecule has 3 N–H and O–H groups in total. The van der Waals surface area contributed by atoms with Gasteiger partial charge in [-0.1, -0.05) is 381 Å². The molecule has 0 fully saturated rings. The van der Waals surface area contributed by atoms with Crippen LogP contribution in [-0.2, 0) is 65.4 Å². The number of rotatable bonds is 81. The summed E-state index contributed by atoms with van der Waals surface area (Å²) in [6.07, 6.45) is 66.5. The number of aliphatic hydroxyl groups is 1. The van der Waals surface area contributed by atoms with E-state index in [1.165, 1.54) is 263 Å². The van der Waals surface area contributed by atoms with Crippen molar-refractivity contribution in [2.75, 3.05) is 39.6 Å². The van der Waals surface area contributed by atoms with Crippen molar-refractivity contribution < 1.29 is 80.2 Å². The lowest BCUT2D eigenvalue weighted by atomic mass is 10.0. The van der Waals surface area contributed by atoms with Crippen LogP contribution < -0.4 is 0 Å². The second kappa shape index (κ2) is 74.3. The maximum Gasteiger partial charge on any atom is 0.472 e. The summed E-state index contributed by atoms with van der Waals surface area (Å²) in [6.45, 7) is 5.01. The maximum atomic E-state index is 13.1. The summed E-state index contributed by atoms with van der Waals surface area (Å²) in [6, 6.07) is 0. The van der Waals surface area contributed by atoms with Crippen LogP contribution in [0.25, 0.3) is 0 Å². The fourth-order valence-corrected chi connectivity index (χ4v) is 14.0. The first-order valence-corrected chi connectivity index (χ1v) is 44.8. The molecule has 588 valence electrons. The van der Waals surface area contributed by atoms with Crippen LogP contribution in [0.3, 0.4) is 0 Å². The van der Waals surface area contributed by atoms with Gasteiger partial charge in [-0.2, -0.15) is 0 Å². The van der Waals surface area contributed by atoms with E-state index in [1.807, 2.05) is 0 Å². The SMILES string of the molecule is CCCCCCCCCCCCCCCCCCCCCCCC(=O)O[C@H](COC(=O)CCCCCCCCCCCCCCCCC)COP(=O)(O)OC[C@@H](O)COP(=O)(O)OC[C@@H](COC(=O)CCCCCCCCCCCCC)OC(=O)CCCCCCCCCCCCCC. The molecule has 0 aliphatic rings. The van der Waals surface area contributed by atoms with Crippen molar-refractivity contribution in [1.82, 2.24) is 0 Å². The number of carbonyl (C=O) groups excluding carboxylic acids is 4. The number of phosphoric ester groups is 2. The van der Waals surface area contributed by atoms with Crippen LogP contribution in [0.2, 0.25) is 0 Å². The van der Waals surface area contributed by atoms with Crippen LogP contribution in [0, 0.1) is 0 Å². The Morgan fingerprint density at radius 1 is 0.242 bits per heavy atom. The standard InChI is InChI=1S/C80H156O17P2/c1-5-9-13-17-21-25-29-32-34-35-36-37-38-39-41-43-47-51-55-59-63-67-80(85)97-76(71-91-78(83)65-61-57-53-49-46-42-40-33-30-26-22-18-14-10-6-2)73-95-99(88,89)93-69-74(81)68-92-98(86,87)94-72-75(70-90-77(82)64-60-56-52-48-44-28-24-20-16-12-8-4)96-79(84)66-62-58-54-50-45-31-27-23-19-15-11-7-3/h74-76,81H,5-73H2,1-4H3,(H,86,87)(H,88,89)/t74-,75+,76+/m0/s1. The van der Waals surface area contributed by atoms with Gasteiger partial charge in [0.25, 0.3) is 0 Å². The Bertz CT molecular complexity index is 1880. The van der Waals surface area contributed by atoms with Gasteiger partial charge in [0.05, 0.1) is 26.4 Å². The van der Waals surface area contributed by atoms with Gasteiger partial charge in [0, 0.05) is 25.7 Å². The highest BCUT2D eigenvalue weighted by molar-refractivity contribution is 7.47.